The van der Waals surface area contributed by atoms with Gasteiger partial charge >= 0.3 is 0 Å². The van der Waals surface area contributed by atoms with E-state index in [1.54, 1.807) is 6.07 Å². The summed E-state index contributed by atoms with van der Waals surface area (Å²) in [6, 6.07) is 17.2. The highest BCUT2D eigenvalue weighted by Crippen LogP contribution is 2.30. The molecule has 0 saturated carbocycles. The zero-order chi connectivity index (χ0) is 22.0. The van der Waals surface area contributed by atoms with Crippen LogP contribution in [0.25, 0.3) is 10.8 Å². The van der Waals surface area contributed by atoms with Gasteiger partial charge in [0.2, 0.25) is 17.0 Å². The number of carbonyl (C=O) groups excluding carboxylic acids is 1. The maximum atomic E-state index is 13.2. The summed E-state index contributed by atoms with van der Waals surface area (Å²) in [6.45, 7) is 4.87. The Balaban J connectivity index is 1.50. The van der Waals surface area contributed by atoms with Gasteiger partial charge in [0.15, 0.2) is 5.03 Å². The highest BCUT2D eigenvalue weighted by Gasteiger charge is 2.28. The van der Waals surface area contributed by atoms with Gasteiger partial charge in [-0.15, -0.1) is 0 Å². The maximum absolute atomic E-state index is 13.2. The summed E-state index contributed by atoms with van der Waals surface area (Å²) < 4.78 is 21.2. The highest BCUT2D eigenvalue weighted by atomic mass is 32.2. The van der Waals surface area contributed by atoms with E-state index >= 15 is 0 Å². The molecule has 2 heterocycles. The first kappa shape index (κ1) is 21.3. The molecule has 1 aliphatic heterocycles. The molecule has 8 heteroatoms. The normalized spacial score (nSPS) is 16.2. The minimum Gasteiger partial charge on any atom is -0.368 e. The summed E-state index contributed by atoms with van der Waals surface area (Å²) >= 11 is -2.18. The second kappa shape index (κ2) is 9.03. The van der Waals surface area contributed by atoms with Crippen molar-refractivity contribution in [2.75, 3.05) is 43.0 Å². The zero-order valence-corrected chi connectivity index (χ0v) is 18.5. The summed E-state index contributed by atoms with van der Waals surface area (Å²) in [6.07, 6.45) is 1.53. The molecule has 7 nitrogen and oxygen atoms in total. The molecule has 1 amide bonds. The Morgan fingerprint density at radius 1 is 1.03 bits per heavy atom. The second-order valence-electron chi connectivity index (χ2n) is 7.67. The van der Waals surface area contributed by atoms with E-state index in [1.807, 2.05) is 60.2 Å². The number of likely N-dealkylation sites (N-methyl/N-ethyl adjacent to an activating group) is 1. The van der Waals surface area contributed by atoms with Crippen molar-refractivity contribution in [3.05, 3.63) is 60.8 Å². The molecule has 0 bridgehead atoms. The molecule has 2 unspecified atom stereocenters. The van der Waals surface area contributed by atoms with Gasteiger partial charge < -0.3 is 19.3 Å². The molecule has 31 heavy (non-hydrogen) atoms. The van der Waals surface area contributed by atoms with Gasteiger partial charge in [-0.1, -0.05) is 30.3 Å². The fraction of sp³-hybridized carbons (Fsp3) is 0.304. The van der Waals surface area contributed by atoms with E-state index in [0.717, 1.165) is 24.2 Å². The Morgan fingerprint density at radius 3 is 2.42 bits per heavy atom. The van der Waals surface area contributed by atoms with Gasteiger partial charge in [0.25, 0.3) is 0 Å². The number of anilines is 2. The van der Waals surface area contributed by atoms with Crippen molar-refractivity contribution in [3.63, 3.8) is 0 Å². The first-order valence-corrected chi connectivity index (χ1v) is 11.4. The lowest BCUT2D eigenvalue weighted by Gasteiger charge is -2.39. The van der Waals surface area contributed by atoms with Crippen LogP contribution in [-0.4, -0.2) is 63.8 Å². The predicted octanol–water partition coefficient (Wildman–Crippen LogP) is 2.99. The van der Waals surface area contributed by atoms with E-state index < -0.39 is 11.1 Å². The summed E-state index contributed by atoms with van der Waals surface area (Å²) in [5.41, 5.74) is 2.01. The largest absolute Gasteiger partial charge is 0.368 e. The molecule has 1 aliphatic rings. The van der Waals surface area contributed by atoms with Crippen molar-refractivity contribution >= 4 is 39.1 Å². The third-order valence-electron chi connectivity index (χ3n) is 5.94. The van der Waals surface area contributed by atoms with Crippen molar-refractivity contribution < 1.29 is 13.6 Å². The Labute approximate surface area is 184 Å². The van der Waals surface area contributed by atoms with Crippen molar-refractivity contribution in [2.45, 2.75) is 18.0 Å². The van der Waals surface area contributed by atoms with Crippen LogP contribution in [0.3, 0.4) is 0 Å². The van der Waals surface area contributed by atoms with Gasteiger partial charge in [0.05, 0.1) is 0 Å². The number of rotatable bonds is 5. The number of nitrogens with zero attached hydrogens (tertiary/aromatic N) is 4. The number of carbonyl (C=O) groups is 1. The number of piperazine rings is 1. The molecule has 1 N–H and O–H groups in total. The van der Waals surface area contributed by atoms with Crippen LogP contribution in [0.2, 0.25) is 0 Å². The first-order valence-electron chi connectivity index (χ1n) is 10.3. The maximum Gasteiger partial charge on any atom is 0.245 e. The number of benzene rings is 2. The van der Waals surface area contributed by atoms with E-state index in [4.69, 9.17) is 0 Å². The minimum absolute atomic E-state index is 0.0761. The van der Waals surface area contributed by atoms with Gasteiger partial charge in [0.1, 0.15) is 6.04 Å². The van der Waals surface area contributed by atoms with Gasteiger partial charge in [-0.25, -0.2) is 9.19 Å². The number of aromatic nitrogens is 1. The SMILES string of the molecule is CC(C(=O)N1CCN(c2ccccc2)CC1)N(C)c1cccc2c(S(=O)O)nccc12. The van der Waals surface area contributed by atoms with Gasteiger partial charge in [-0.3, -0.25) is 4.79 Å². The number of para-hydroxylation sites is 1. The molecule has 1 aromatic heterocycles. The summed E-state index contributed by atoms with van der Waals surface area (Å²) in [5.74, 6) is 0.0761. The average molecular weight is 439 g/mol. The number of fused-ring (bicyclic) bond motifs is 1. The first-order chi connectivity index (χ1) is 15.0. The fourth-order valence-electron chi connectivity index (χ4n) is 4.07. The average Bonchev–Trinajstić information content (AvgIpc) is 2.82. The molecule has 4 rings (SSSR count). The highest BCUT2D eigenvalue weighted by molar-refractivity contribution is 7.79. The summed E-state index contributed by atoms with van der Waals surface area (Å²) in [7, 11) is 1.88. The van der Waals surface area contributed by atoms with Crippen molar-refractivity contribution in [1.29, 1.82) is 0 Å². The zero-order valence-electron chi connectivity index (χ0n) is 17.6. The van der Waals surface area contributed by atoms with Gasteiger partial charge in [-0.05, 0) is 31.2 Å². The summed E-state index contributed by atoms with van der Waals surface area (Å²) in [4.78, 5) is 23.4. The number of hydrogen-bond acceptors (Lipinski definition) is 5. The molecule has 1 fully saturated rings. The van der Waals surface area contributed by atoms with Crippen LogP contribution in [-0.2, 0) is 15.9 Å². The number of amides is 1. The third-order valence-corrected chi connectivity index (χ3v) is 6.60. The molecule has 2 atom stereocenters. The second-order valence-corrected chi connectivity index (χ2v) is 8.56. The van der Waals surface area contributed by atoms with Crippen molar-refractivity contribution in [2.24, 2.45) is 0 Å². The van der Waals surface area contributed by atoms with Crippen LogP contribution >= 0.6 is 0 Å². The number of pyridine rings is 1. The Kier molecular flexibility index (Phi) is 6.20. The molecule has 162 valence electrons. The lowest BCUT2D eigenvalue weighted by molar-refractivity contribution is -0.132. The van der Waals surface area contributed by atoms with Gasteiger partial charge in [0, 0.05) is 61.6 Å². The lowest BCUT2D eigenvalue weighted by Crippen LogP contribution is -2.53. The van der Waals surface area contributed by atoms with Crippen LogP contribution in [0.5, 0.6) is 0 Å². The van der Waals surface area contributed by atoms with Crippen LogP contribution in [0, 0.1) is 0 Å². The quantitative estimate of drug-likeness (QED) is 0.617. The predicted molar refractivity (Wildman–Crippen MR) is 124 cm³/mol. The molecule has 0 spiro atoms. The third kappa shape index (κ3) is 4.26. The Bertz CT molecular complexity index is 1100. The molecule has 2 aromatic carbocycles. The van der Waals surface area contributed by atoms with Crippen molar-refractivity contribution in [1.82, 2.24) is 9.88 Å². The van der Waals surface area contributed by atoms with Crippen LogP contribution < -0.4 is 9.80 Å². The fourth-order valence-corrected chi connectivity index (χ4v) is 4.59. The van der Waals surface area contributed by atoms with E-state index in [1.165, 1.54) is 11.9 Å². The Morgan fingerprint density at radius 2 is 1.74 bits per heavy atom. The van der Waals surface area contributed by atoms with Crippen LogP contribution in [0.15, 0.2) is 65.8 Å². The molecule has 0 aliphatic carbocycles. The monoisotopic (exact) mass is 438 g/mol. The van der Waals surface area contributed by atoms with E-state index in [2.05, 4.69) is 22.0 Å². The lowest BCUT2D eigenvalue weighted by atomic mass is 10.1. The van der Waals surface area contributed by atoms with Gasteiger partial charge in [-0.2, -0.15) is 0 Å². The van der Waals surface area contributed by atoms with Crippen LogP contribution in [0.1, 0.15) is 6.92 Å². The van der Waals surface area contributed by atoms with Crippen LogP contribution in [0.4, 0.5) is 11.4 Å². The van der Waals surface area contributed by atoms with E-state index in [0.29, 0.717) is 18.5 Å². The molecule has 3 aromatic rings. The summed E-state index contributed by atoms with van der Waals surface area (Å²) in [5, 5.41) is 1.54. The van der Waals surface area contributed by atoms with E-state index in [9.17, 15) is 13.6 Å². The Hall–Kier alpha value is -2.97. The molecule has 1 saturated heterocycles. The number of hydrogen-bond donors (Lipinski definition) is 1. The van der Waals surface area contributed by atoms with E-state index in [-0.39, 0.29) is 17.0 Å². The minimum atomic E-state index is -2.18. The molecular formula is C23H26N4O3S. The molecule has 0 radical (unpaired) electrons. The topological polar surface area (TPSA) is 77.0 Å². The van der Waals surface area contributed by atoms with Crippen molar-refractivity contribution in [3.8, 4) is 0 Å². The molecular weight excluding hydrogens is 412 g/mol. The smallest absolute Gasteiger partial charge is 0.245 e. The standard InChI is InChI=1S/C23H26N4O3S/c1-17(23(28)27-15-13-26(14-16-27)18-7-4-3-5-8-18)25(2)21-10-6-9-20-19(21)11-12-24-22(20)31(29)30/h3-12,17H,13-16H2,1-2H3,(H,29,30).